The number of sulfonamides is 1. The zero-order chi connectivity index (χ0) is 45.1. The van der Waals surface area contributed by atoms with Gasteiger partial charge in [-0.25, -0.2) is 18.1 Å². The SMILES string of the molecule is CN1CCCC(N(C)c2ccccc2C2CCCN2c2ccc(-c3ccc(C(=O)NS(=O)(=O)c4ccc(NCC5CCOCC5)c([N+](=O)[O-])c4)c(Oc4cnc5[nH]ccc5c4)c3)cc2)C1. The van der Waals surface area contributed by atoms with Gasteiger partial charge in [-0.2, -0.15) is 0 Å². The molecular weight excluding hydrogens is 845 g/mol. The second kappa shape index (κ2) is 18.9. The monoisotopic (exact) mass is 898 g/mol. The molecular formula is C49H54N8O7S. The van der Waals surface area contributed by atoms with Crippen LogP contribution in [0.15, 0.2) is 114 Å². The number of piperidine rings is 1. The first-order chi connectivity index (χ1) is 31.5. The van der Waals surface area contributed by atoms with Crippen LogP contribution in [-0.2, 0) is 14.8 Å². The van der Waals surface area contributed by atoms with Crippen molar-refractivity contribution in [2.24, 2.45) is 5.92 Å². The Morgan fingerprint density at radius 1 is 0.954 bits per heavy atom. The number of nitro groups is 1. The molecule has 2 unspecified atom stereocenters. The lowest BCUT2D eigenvalue weighted by atomic mass is 9.98. The molecule has 3 aliphatic heterocycles. The van der Waals surface area contributed by atoms with Crippen LogP contribution in [-0.4, -0.2) is 93.6 Å². The molecule has 9 rings (SSSR count). The topological polar surface area (TPSA) is 175 Å². The Morgan fingerprint density at radius 3 is 2.54 bits per heavy atom. The lowest BCUT2D eigenvalue weighted by Gasteiger charge is -2.39. The van der Waals surface area contributed by atoms with Crippen molar-refractivity contribution in [3.8, 4) is 22.6 Å². The molecule has 15 nitrogen and oxygen atoms in total. The van der Waals surface area contributed by atoms with E-state index >= 15 is 0 Å². The van der Waals surface area contributed by atoms with Crippen LogP contribution < -0.4 is 24.6 Å². The molecule has 4 aromatic carbocycles. The average Bonchev–Trinajstić information content (AvgIpc) is 4.01. The smallest absolute Gasteiger partial charge is 0.293 e. The second-order valence-electron chi connectivity index (χ2n) is 17.3. The number of ether oxygens (including phenoxy) is 2. The second-order valence-corrected chi connectivity index (χ2v) is 19.0. The van der Waals surface area contributed by atoms with E-state index in [4.69, 9.17) is 9.47 Å². The fourth-order valence-electron chi connectivity index (χ4n) is 9.48. The fourth-order valence-corrected chi connectivity index (χ4v) is 10.5. The maximum Gasteiger partial charge on any atom is 0.293 e. The number of rotatable bonds is 14. The Kier molecular flexibility index (Phi) is 12.7. The molecule has 1 amide bonds. The number of hydrogen-bond donors (Lipinski definition) is 3. The zero-order valence-corrected chi connectivity index (χ0v) is 37.4. The molecule has 2 aromatic heterocycles. The first-order valence-corrected chi connectivity index (χ1v) is 23.8. The van der Waals surface area contributed by atoms with Gasteiger partial charge in [-0.15, -0.1) is 0 Å². The molecule has 0 saturated carbocycles. The van der Waals surface area contributed by atoms with Gasteiger partial charge in [-0.05, 0) is 129 Å². The molecule has 65 heavy (non-hydrogen) atoms. The Labute approximate surface area is 379 Å². The van der Waals surface area contributed by atoms with Crippen molar-refractivity contribution < 1.29 is 27.6 Å². The molecule has 3 N–H and O–H groups in total. The maximum atomic E-state index is 14.0. The summed E-state index contributed by atoms with van der Waals surface area (Å²) < 4.78 is 41.3. The Bertz CT molecular complexity index is 2790. The number of aromatic amines is 1. The largest absolute Gasteiger partial charge is 0.455 e. The standard InChI is InChI=1S/C49H54N8O7S/c1-54-23-5-7-38(32-54)55(2)44-9-4-3-8-41(44)45-10-6-24-56(45)37-14-11-34(12-15-37)35-13-17-42(47(28-35)64-39-27-36-19-22-50-48(36)52-31-39)49(58)53-65(61,62)40-16-18-43(46(29-40)57(59)60)51-30-33-20-25-63-26-21-33/h3-4,8-9,11-19,22,27-29,31,33,38,45,51H,5-7,10,20-21,23-26,30,32H2,1-2H3,(H,50,52)(H,53,58). The van der Waals surface area contributed by atoms with Crippen molar-refractivity contribution in [1.29, 1.82) is 0 Å². The summed E-state index contributed by atoms with van der Waals surface area (Å²) in [7, 11) is -0.135. The summed E-state index contributed by atoms with van der Waals surface area (Å²) in [5.41, 5.74) is 5.70. The highest BCUT2D eigenvalue weighted by Gasteiger charge is 2.31. The van der Waals surface area contributed by atoms with Crippen molar-refractivity contribution in [3.05, 3.63) is 131 Å². The molecule has 3 saturated heterocycles. The number of carbonyl (C=O) groups is 1. The van der Waals surface area contributed by atoms with Crippen molar-refractivity contribution in [2.75, 3.05) is 68.6 Å². The Hall–Kier alpha value is -6.49. The minimum atomic E-state index is -4.57. The quantitative estimate of drug-likeness (QED) is 0.0702. The number of aromatic nitrogens is 2. The van der Waals surface area contributed by atoms with Crippen molar-refractivity contribution in [2.45, 2.75) is 55.5 Å². The summed E-state index contributed by atoms with van der Waals surface area (Å²) in [6.45, 7) is 4.85. The van der Waals surface area contributed by atoms with E-state index in [-0.39, 0.29) is 29.0 Å². The zero-order valence-electron chi connectivity index (χ0n) is 36.6. The van der Waals surface area contributed by atoms with Crippen molar-refractivity contribution in [1.82, 2.24) is 19.6 Å². The van der Waals surface area contributed by atoms with Crippen LogP contribution in [0, 0.1) is 16.0 Å². The number of carbonyl (C=O) groups excluding carboxylic acids is 1. The van der Waals surface area contributed by atoms with Gasteiger partial charge in [0.1, 0.15) is 22.8 Å². The highest BCUT2D eigenvalue weighted by atomic mass is 32.2. The molecule has 0 bridgehead atoms. The van der Waals surface area contributed by atoms with Crippen LogP contribution in [0.25, 0.3) is 22.2 Å². The van der Waals surface area contributed by atoms with Gasteiger partial charge in [-0.1, -0.05) is 36.4 Å². The Morgan fingerprint density at radius 2 is 1.74 bits per heavy atom. The van der Waals surface area contributed by atoms with E-state index in [1.165, 1.54) is 48.5 Å². The van der Waals surface area contributed by atoms with Gasteiger partial charge in [0.15, 0.2) is 0 Å². The molecule has 5 heterocycles. The van der Waals surface area contributed by atoms with Crippen LogP contribution in [0.2, 0.25) is 0 Å². The fraction of sp³-hybridized carbons (Fsp3) is 0.347. The number of fused-ring (bicyclic) bond motifs is 1. The predicted octanol–water partition coefficient (Wildman–Crippen LogP) is 8.76. The predicted molar refractivity (Wildman–Crippen MR) is 253 cm³/mol. The summed E-state index contributed by atoms with van der Waals surface area (Å²) in [6, 6.07) is 30.0. The lowest BCUT2D eigenvalue weighted by molar-refractivity contribution is -0.384. The molecule has 6 aromatic rings. The summed E-state index contributed by atoms with van der Waals surface area (Å²) in [6.07, 6.45) is 9.42. The minimum absolute atomic E-state index is 0.0595. The van der Waals surface area contributed by atoms with Gasteiger partial charge in [0.2, 0.25) is 0 Å². The van der Waals surface area contributed by atoms with Crippen LogP contribution in [0.3, 0.4) is 0 Å². The molecule has 0 radical (unpaired) electrons. The van der Waals surface area contributed by atoms with E-state index in [1.54, 1.807) is 24.4 Å². The van der Waals surface area contributed by atoms with Gasteiger partial charge in [0.25, 0.3) is 21.6 Å². The summed E-state index contributed by atoms with van der Waals surface area (Å²) in [5.74, 6) is -0.267. The van der Waals surface area contributed by atoms with Gasteiger partial charge in [0.05, 0.1) is 27.6 Å². The summed E-state index contributed by atoms with van der Waals surface area (Å²) in [4.78, 5) is 39.9. The average molecular weight is 899 g/mol. The molecule has 3 aliphatic rings. The number of H-pyrrole nitrogens is 1. The highest BCUT2D eigenvalue weighted by Crippen LogP contribution is 2.42. The van der Waals surface area contributed by atoms with Crippen LogP contribution in [0.1, 0.15) is 60.5 Å². The van der Waals surface area contributed by atoms with Gasteiger partial charge in [-0.3, -0.25) is 14.9 Å². The first-order valence-electron chi connectivity index (χ1n) is 22.3. The van der Waals surface area contributed by atoms with E-state index < -0.39 is 31.4 Å². The lowest BCUT2D eigenvalue weighted by Crippen LogP contribution is -2.45. The number of amides is 1. The normalized spacial score (nSPS) is 18.4. The number of nitro benzene ring substituents is 1. The molecule has 3 fully saturated rings. The van der Waals surface area contributed by atoms with Gasteiger partial charge in [0, 0.05) is 75.0 Å². The molecule has 338 valence electrons. The maximum absolute atomic E-state index is 14.0. The number of hydrogen-bond acceptors (Lipinski definition) is 12. The number of nitrogens with one attached hydrogen (secondary N) is 3. The van der Waals surface area contributed by atoms with Crippen LogP contribution in [0.5, 0.6) is 11.5 Å². The summed E-state index contributed by atoms with van der Waals surface area (Å²) in [5, 5.41) is 16.0. The van der Waals surface area contributed by atoms with Crippen molar-refractivity contribution >= 4 is 49.7 Å². The number of likely N-dealkylation sites (tertiary alicyclic amines) is 1. The molecule has 16 heteroatoms. The van der Waals surface area contributed by atoms with Crippen LogP contribution >= 0.6 is 0 Å². The third-order valence-corrected chi connectivity index (χ3v) is 14.4. The number of para-hydroxylation sites is 1. The van der Waals surface area contributed by atoms with E-state index in [2.05, 4.69) is 85.2 Å². The van der Waals surface area contributed by atoms with E-state index in [0.717, 1.165) is 73.6 Å². The Balaban J connectivity index is 0.968. The third-order valence-electron chi connectivity index (χ3n) is 13.1. The molecule has 0 spiro atoms. The third kappa shape index (κ3) is 9.65. The number of benzene rings is 4. The van der Waals surface area contributed by atoms with Gasteiger partial charge >= 0.3 is 0 Å². The van der Waals surface area contributed by atoms with Gasteiger partial charge < -0.3 is 34.5 Å². The van der Waals surface area contributed by atoms with E-state index in [0.29, 0.717) is 37.2 Å². The molecule has 0 aliphatic carbocycles. The minimum Gasteiger partial charge on any atom is -0.455 e. The van der Waals surface area contributed by atoms with E-state index in [9.17, 15) is 23.3 Å². The van der Waals surface area contributed by atoms with Crippen molar-refractivity contribution in [3.63, 3.8) is 0 Å². The number of anilines is 3. The van der Waals surface area contributed by atoms with Crippen LogP contribution in [0.4, 0.5) is 22.7 Å². The number of pyridine rings is 1. The highest BCUT2D eigenvalue weighted by molar-refractivity contribution is 7.90. The molecule has 2 atom stereocenters. The first kappa shape index (κ1) is 43.7. The van der Waals surface area contributed by atoms with E-state index in [1.807, 2.05) is 18.2 Å². The number of likely N-dealkylation sites (N-methyl/N-ethyl adjacent to an activating group) is 2. The summed E-state index contributed by atoms with van der Waals surface area (Å²) >= 11 is 0. The number of nitrogens with zero attached hydrogens (tertiary/aromatic N) is 5.